The third-order valence-electron chi connectivity index (χ3n) is 5.64. The summed E-state index contributed by atoms with van der Waals surface area (Å²) in [5, 5.41) is 0. The number of halogens is 1. The molecule has 2 aliphatic rings. The highest BCUT2D eigenvalue weighted by molar-refractivity contribution is 5.44. The monoisotopic (exact) mass is 398 g/mol. The zero-order chi connectivity index (χ0) is 19.8. The third kappa shape index (κ3) is 3.77. The largest absolute Gasteiger partial charge is 0.488 e. The predicted molar refractivity (Wildman–Crippen MR) is 105 cm³/mol. The fourth-order valence-electron chi connectivity index (χ4n) is 4.09. The summed E-state index contributed by atoms with van der Waals surface area (Å²) < 4.78 is 26.2. The Bertz CT molecular complexity index is 1050. The molecule has 0 atom stereocenters. The van der Waals surface area contributed by atoms with Gasteiger partial charge in [-0.05, 0) is 37.1 Å². The zero-order valence-electron chi connectivity index (χ0n) is 16.0. The van der Waals surface area contributed by atoms with Crippen LogP contribution in [0.5, 0.6) is 5.75 Å². The Labute approximate surface area is 167 Å². The van der Waals surface area contributed by atoms with Crippen molar-refractivity contribution in [2.75, 3.05) is 26.3 Å². The second kappa shape index (κ2) is 7.61. The Morgan fingerprint density at radius 1 is 1.21 bits per heavy atom. The molecule has 2 saturated heterocycles. The highest BCUT2D eigenvalue weighted by Gasteiger charge is 2.29. The molecule has 4 heterocycles. The molecule has 0 aliphatic carbocycles. The number of imidazole rings is 1. The van der Waals surface area contributed by atoms with Gasteiger partial charge in [-0.25, -0.2) is 9.37 Å². The van der Waals surface area contributed by atoms with E-state index in [0.29, 0.717) is 23.7 Å². The van der Waals surface area contributed by atoms with Gasteiger partial charge in [0.05, 0.1) is 6.20 Å². The van der Waals surface area contributed by atoms with E-state index in [1.807, 2.05) is 10.6 Å². The molecule has 0 radical (unpaired) electrons. The molecule has 1 aromatic carbocycles. The van der Waals surface area contributed by atoms with E-state index >= 15 is 0 Å². The van der Waals surface area contributed by atoms with E-state index in [4.69, 9.17) is 9.47 Å². The number of hydrogen-bond donors (Lipinski definition) is 1. The fraction of sp³-hybridized carbons (Fsp3) is 0.429. The van der Waals surface area contributed by atoms with Gasteiger partial charge < -0.3 is 14.5 Å². The van der Waals surface area contributed by atoms with E-state index in [9.17, 15) is 9.18 Å². The summed E-state index contributed by atoms with van der Waals surface area (Å²) in [6, 6.07) is 6.07. The molecule has 2 fully saturated rings. The SMILES string of the molecule is O=c1[nH]c(CN2CC(Oc3ccc(F)cc3)C2)cn2c(C3CCOCC3)ncc12. The van der Waals surface area contributed by atoms with Crippen molar-refractivity contribution >= 4 is 5.52 Å². The van der Waals surface area contributed by atoms with Crippen LogP contribution in [0, 0.1) is 5.82 Å². The summed E-state index contributed by atoms with van der Waals surface area (Å²) >= 11 is 0. The first-order valence-corrected chi connectivity index (χ1v) is 9.97. The summed E-state index contributed by atoms with van der Waals surface area (Å²) in [5.74, 6) is 1.66. The maximum atomic E-state index is 13.0. The van der Waals surface area contributed by atoms with E-state index < -0.39 is 0 Å². The van der Waals surface area contributed by atoms with Gasteiger partial charge in [-0.1, -0.05) is 0 Å². The molecule has 0 saturated carbocycles. The van der Waals surface area contributed by atoms with Gasteiger partial charge in [-0.15, -0.1) is 0 Å². The number of aromatic nitrogens is 3. The lowest BCUT2D eigenvalue weighted by Crippen LogP contribution is -2.53. The second-order valence-corrected chi connectivity index (χ2v) is 7.75. The van der Waals surface area contributed by atoms with Gasteiger partial charge in [0, 0.05) is 50.7 Å². The molecule has 3 aromatic rings. The lowest BCUT2D eigenvalue weighted by Gasteiger charge is -2.38. The number of ether oxygens (including phenoxy) is 2. The average molecular weight is 398 g/mol. The summed E-state index contributed by atoms with van der Waals surface area (Å²) in [4.78, 5) is 22.2. The van der Waals surface area contributed by atoms with E-state index in [1.165, 1.54) is 12.1 Å². The number of hydrogen-bond acceptors (Lipinski definition) is 5. The average Bonchev–Trinajstić information content (AvgIpc) is 3.13. The van der Waals surface area contributed by atoms with Crippen molar-refractivity contribution in [3.05, 3.63) is 64.3 Å². The van der Waals surface area contributed by atoms with E-state index in [0.717, 1.165) is 50.7 Å². The van der Waals surface area contributed by atoms with Crippen LogP contribution in [0.1, 0.15) is 30.3 Å². The predicted octanol–water partition coefficient (Wildman–Crippen LogP) is 2.32. The number of rotatable bonds is 5. The highest BCUT2D eigenvalue weighted by Crippen LogP contribution is 2.26. The van der Waals surface area contributed by atoms with Gasteiger partial charge in [0.25, 0.3) is 5.56 Å². The third-order valence-corrected chi connectivity index (χ3v) is 5.64. The smallest absolute Gasteiger partial charge is 0.274 e. The van der Waals surface area contributed by atoms with E-state index in [1.54, 1.807) is 18.3 Å². The minimum atomic E-state index is -0.272. The number of H-pyrrole nitrogens is 1. The maximum Gasteiger partial charge on any atom is 0.274 e. The molecule has 0 unspecified atom stereocenters. The van der Waals surface area contributed by atoms with Crippen molar-refractivity contribution in [3.63, 3.8) is 0 Å². The Balaban J connectivity index is 1.26. The van der Waals surface area contributed by atoms with E-state index in [2.05, 4.69) is 14.9 Å². The number of aromatic amines is 1. The molecule has 0 amide bonds. The standard InChI is InChI=1S/C21H23FN4O3/c22-15-1-3-17(4-2-15)29-18-12-25(13-18)10-16-11-26-19(21(27)24-16)9-23-20(26)14-5-7-28-8-6-14/h1-4,9,11,14,18H,5-8,10,12-13H2,(H,24,27). The van der Waals surface area contributed by atoms with Crippen LogP contribution in [-0.4, -0.2) is 51.7 Å². The number of nitrogens with zero attached hydrogens (tertiary/aromatic N) is 3. The van der Waals surface area contributed by atoms with Crippen LogP contribution < -0.4 is 10.3 Å². The van der Waals surface area contributed by atoms with Crippen molar-refractivity contribution in [1.82, 2.24) is 19.3 Å². The van der Waals surface area contributed by atoms with Crippen molar-refractivity contribution in [3.8, 4) is 5.75 Å². The molecule has 152 valence electrons. The molecule has 29 heavy (non-hydrogen) atoms. The van der Waals surface area contributed by atoms with Crippen molar-refractivity contribution < 1.29 is 13.9 Å². The molecule has 0 bridgehead atoms. The quantitative estimate of drug-likeness (QED) is 0.714. The topological polar surface area (TPSA) is 71.9 Å². The molecule has 0 spiro atoms. The zero-order valence-corrected chi connectivity index (χ0v) is 16.0. The van der Waals surface area contributed by atoms with Gasteiger partial charge in [0.15, 0.2) is 0 Å². The normalized spacial score (nSPS) is 18.8. The summed E-state index contributed by atoms with van der Waals surface area (Å²) in [6.07, 6.45) is 5.57. The minimum Gasteiger partial charge on any atom is -0.488 e. The molecule has 7 nitrogen and oxygen atoms in total. The van der Waals surface area contributed by atoms with Gasteiger partial charge >= 0.3 is 0 Å². The van der Waals surface area contributed by atoms with E-state index in [-0.39, 0.29) is 17.5 Å². The van der Waals surface area contributed by atoms with Crippen molar-refractivity contribution in [2.24, 2.45) is 0 Å². The first-order valence-electron chi connectivity index (χ1n) is 9.97. The Hall–Kier alpha value is -2.71. The molecule has 2 aliphatic heterocycles. The summed E-state index contributed by atoms with van der Waals surface area (Å²) in [6.45, 7) is 3.62. The number of benzene rings is 1. The van der Waals surface area contributed by atoms with Crippen LogP contribution in [-0.2, 0) is 11.3 Å². The van der Waals surface area contributed by atoms with Crippen LogP contribution in [0.15, 0.2) is 41.5 Å². The molecule has 5 rings (SSSR count). The second-order valence-electron chi connectivity index (χ2n) is 7.75. The van der Waals surface area contributed by atoms with Gasteiger partial charge in [0.2, 0.25) is 0 Å². The van der Waals surface area contributed by atoms with Gasteiger partial charge in [-0.3, -0.25) is 14.1 Å². The lowest BCUT2D eigenvalue weighted by atomic mass is 10.00. The summed E-state index contributed by atoms with van der Waals surface area (Å²) in [5.41, 5.74) is 1.32. The van der Waals surface area contributed by atoms with Crippen LogP contribution in [0.3, 0.4) is 0 Å². The molecule has 1 N–H and O–H groups in total. The Morgan fingerprint density at radius 3 is 2.72 bits per heavy atom. The number of likely N-dealkylation sites (tertiary alicyclic amines) is 1. The highest BCUT2D eigenvalue weighted by atomic mass is 19.1. The fourth-order valence-corrected chi connectivity index (χ4v) is 4.09. The first kappa shape index (κ1) is 18.3. The molecular formula is C21H23FN4O3. The van der Waals surface area contributed by atoms with Crippen LogP contribution in [0.25, 0.3) is 5.52 Å². The van der Waals surface area contributed by atoms with Crippen molar-refractivity contribution in [2.45, 2.75) is 31.4 Å². The minimum absolute atomic E-state index is 0.0713. The Morgan fingerprint density at radius 2 is 1.97 bits per heavy atom. The lowest BCUT2D eigenvalue weighted by molar-refractivity contribution is 0.0136. The molecule has 2 aromatic heterocycles. The number of nitrogens with one attached hydrogen (secondary N) is 1. The Kier molecular flexibility index (Phi) is 4.81. The van der Waals surface area contributed by atoms with Crippen LogP contribution in [0.2, 0.25) is 0 Å². The van der Waals surface area contributed by atoms with Gasteiger partial charge in [0.1, 0.15) is 29.0 Å². The van der Waals surface area contributed by atoms with Gasteiger partial charge in [-0.2, -0.15) is 0 Å². The first-order chi connectivity index (χ1) is 14.2. The summed E-state index contributed by atoms with van der Waals surface area (Å²) in [7, 11) is 0. The van der Waals surface area contributed by atoms with Crippen molar-refractivity contribution in [1.29, 1.82) is 0 Å². The van der Waals surface area contributed by atoms with Crippen LogP contribution in [0.4, 0.5) is 4.39 Å². The molecule has 8 heteroatoms. The maximum absolute atomic E-state index is 13.0. The van der Waals surface area contributed by atoms with Crippen LogP contribution >= 0.6 is 0 Å². The molecular weight excluding hydrogens is 375 g/mol. The number of fused-ring (bicyclic) bond motifs is 1.